The molecule has 2 heterocycles. The Balaban J connectivity index is 1.25. The minimum Gasteiger partial charge on any atom is -0.351 e. The molecule has 3 fully saturated rings. The van der Waals surface area contributed by atoms with Crippen LogP contribution in [0.2, 0.25) is 0 Å². The maximum Gasteiger partial charge on any atom is 0.322 e. The van der Waals surface area contributed by atoms with Crippen molar-refractivity contribution < 1.29 is 24.0 Å². The van der Waals surface area contributed by atoms with Crippen molar-refractivity contribution in [3.63, 3.8) is 0 Å². The van der Waals surface area contributed by atoms with Crippen molar-refractivity contribution in [2.45, 2.75) is 43.8 Å². The van der Waals surface area contributed by atoms with E-state index in [0.29, 0.717) is 18.7 Å². The van der Waals surface area contributed by atoms with Gasteiger partial charge in [0.15, 0.2) is 0 Å². The summed E-state index contributed by atoms with van der Waals surface area (Å²) < 4.78 is 0. The van der Waals surface area contributed by atoms with Gasteiger partial charge >= 0.3 is 12.1 Å². The monoisotopic (exact) mass is 442 g/mol. The number of likely N-dealkylation sites (tertiary alicyclic amines) is 1. The van der Waals surface area contributed by atoms with Crippen molar-refractivity contribution in [1.29, 1.82) is 0 Å². The largest absolute Gasteiger partial charge is 0.351 e. The van der Waals surface area contributed by atoms with Crippen molar-refractivity contribution in [1.82, 2.24) is 26.2 Å². The second-order valence-corrected chi connectivity index (χ2v) is 8.34. The van der Waals surface area contributed by atoms with E-state index in [9.17, 15) is 24.0 Å². The summed E-state index contributed by atoms with van der Waals surface area (Å²) in [5.74, 6) is -0.948. The minimum absolute atomic E-state index is 0.0831. The number of carbonyl (C=O) groups is 5. The van der Waals surface area contributed by atoms with Crippen molar-refractivity contribution >= 4 is 35.5 Å². The summed E-state index contributed by atoms with van der Waals surface area (Å²) in [5, 5.41) is 12.8. The van der Waals surface area contributed by atoms with Gasteiger partial charge in [0.25, 0.3) is 0 Å². The molecule has 1 aliphatic carbocycles. The molecule has 7 amide bonds. The number of fused-ring (bicyclic) bond motifs is 2. The highest BCUT2D eigenvalue weighted by Crippen LogP contribution is 2.35. The predicted octanol–water partition coefficient (Wildman–Crippen LogP) is -0.0981. The number of hydrogen-bond acceptors (Lipinski definition) is 5. The summed E-state index contributed by atoms with van der Waals surface area (Å²) in [6.07, 6.45) is 2.11. The Kier molecular flexibility index (Phi) is 6.24. The van der Waals surface area contributed by atoms with Crippen LogP contribution in [0.15, 0.2) is 30.3 Å². The summed E-state index contributed by atoms with van der Waals surface area (Å²) in [6, 6.07) is 6.90. The lowest BCUT2D eigenvalue weighted by Crippen LogP contribution is -2.59. The summed E-state index contributed by atoms with van der Waals surface area (Å²) in [5.41, 5.74) is 0.639. The number of hydrogen-bond donors (Lipinski definition) is 5. The Morgan fingerprint density at radius 3 is 2.62 bits per heavy atom. The van der Waals surface area contributed by atoms with Gasteiger partial charge in [0, 0.05) is 24.3 Å². The van der Waals surface area contributed by atoms with E-state index in [-0.39, 0.29) is 42.8 Å². The Morgan fingerprint density at radius 2 is 1.88 bits per heavy atom. The molecule has 0 radical (unpaired) electrons. The highest BCUT2D eigenvalue weighted by atomic mass is 16.2. The molecule has 0 spiro atoms. The summed E-state index contributed by atoms with van der Waals surface area (Å²) >= 11 is 0. The first-order chi connectivity index (χ1) is 15.4. The van der Waals surface area contributed by atoms with E-state index in [0.717, 1.165) is 12.8 Å². The highest BCUT2D eigenvalue weighted by Gasteiger charge is 2.43. The van der Waals surface area contributed by atoms with Crippen LogP contribution in [0.4, 0.5) is 15.3 Å². The molecule has 0 aromatic heterocycles. The van der Waals surface area contributed by atoms with Gasteiger partial charge in [0.2, 0.25) is 17.7 Å². The van der Waals surface area contributed by atoms with E-state index < -0.39 is 24.0 Å². The maximum absolute atomic E-state index is 12.7. The molecule has 2 bridgehead atoms. The molecule has 170 valence electrons. The predicted molar refractivity (Wildman–Crippen MR) is 113 cm³/mol. The SMILES string of the molecule is O=C1C[C@@H](C(=O)NC2CCC3CC2CN3C(=O)CNC(=O)Nc2ccccc2)NC(=O)N1. The van der Waals surface area contributed by atoms with E-state index >= 15 is 0 Å². The highest BCUT2D eigenvalue weighted by molar-refractivity contribution is 6.02. The number of rotatable bonds is 5. The number of imide groups is 1. The van der Waals surface area contributed by atoms with Gasteiger partial charge in [-0.25, -0.2) is 9.59 Å². The first-order valence-corrected chi connectivity index (χ1v) is 10.7. The lowest BCUT2D eigenvalue weighted by atomic mass is 9.85. The quantitative estimate of drug-likeness (QED) is 0.432. The van der Waals surface area contributed by atoms with Gasteiger partial charge in [-0.15, -0.1) is 0 Å². The molecule has 1 aromatic rings. The van der Waals surface area contributed by atoms with Crippen LogP contribution in [0, 0.1) is 5.92 Å². The maximum atomic E-state index is 12.7. The van der Waals surface area contributed by atoms with Gasteiger partial charge in [0.1, 0.15) is 6.04 Å². The lowest BCUT2D eigenvalue weighted by Gasteiger charge is -2.31. The average Bonchev–Trinajstić information content (AvgIpc) is 3.11. The van der Waals surface area contributed by atoms with Crippen LogP contribution in [0.1, 0.15) is 25.7 Å². The van der Waals surface area contributed by atoms with Gasteiger partial charge in [0.05, 0.1) is 13.0 Å². The third-order valence-electron chi connectivity index (χ3n) is 6.17. The molecule has 3 unspecified atom stereocenters. The summed E-state index contributed by atoms with van der Waals surface area (Å²) in [6.45, 7) is 0.385. The molecule has 2 aliphatic heterocycles. The van der Waals surface area contributed by atoms with Gasteiger partial charge in [-0.3, -0.25) is 19.7 Å². The van der Waals surface area contributed by atoms with Crippen LogP contribution in [0.3, 0.4) is 0 Å². The fourth-order valence-electron chi connectivity index (χ4n) is 4.63. The third kappa shape index (κ3) is 4.98. The first-order valence-electron chi connectivity index (χ1n) is 10.7. The number of amides is 7. The lowest BCUT2D eigenvalue weighted by molar-refractivity contribution is -0.131. The van der Waals surface area contributed by atoms with Crippen molar-refractivity contribution in [2.24, 2.45) is 5.92 Å². The van der Waals surface area contributed by atoms with Crippen molar-refractivity contribution in [3.05, 3.63) is 30.3 Å². The first kappa shape index (κ1) is 21.6. The number of urea groups is 2. The normalized spacial score (nSPS) is 26.6. The summed E-state index contributed by atoms with van der Waals surface area (Å²) in [4.78, 5) is 62.0. The van der Waals surface area contributed by atoms with Gasteiger partial charge in [-0.1, -0.05) is 18.2 Å². The van der Waals surface area contributed by atoms with Crippen LogP contribution in [-0.4, -0.2) is 65.9 Å². The fraction of sp³-hybridized carbons (Fsp3) is 0.476. The average molecular weight is 442 g/mol. The number of carbonyl (C=O) groups excluding carboxylic acids is 5. The standard InChI is InChI=1S/C21H26N6O5/c28-17-9-16(25-21(32)26-17)19(30)24-15-7-6-14-8-12(15)11-27(14)18(29)10-22-20(31)23-13-4-2-1-3-5-13/h1-5,12,14-16H,6-11H2,(H,24,30)(H2,22,23,31)(H2,25,26,28,32)/t12?,14?,15?,16-/m0/s1. The van der Waals surface area contributed by atoms with Gasteiger partial charge in [-0.05, 0) is 37.3 Å². The Bertz CT molecular complexity index is 907. The van der Waals surface area contributed by atoms with E-state index in [2.05, 4.69) is 26.6 Å². The van der Waals surface area contributed by atoms with Crippen LogP contribution < -0.4 is 26.6 Å². The number of nitrogens with zero attached hydrogens (tertiary/aromatic N) is 1. The summed E-state index contributed by atoms with van der Waals surface area (Å²) in [7, 11) is 0. The van der Waals surface area contributed by atoms with Crippen LogP contribution >= 0.6 is 0 Å². The van der Waals surface area contributed by atoms with Gasteiger partial charge in [-0.2, -0.15) is 0 Å². The number of benzene rings is 1. The Morgan fingerprint density at radius 1 is 1.09 bits per heavy atom. The zero-order valence-corrected chi connectivity index (χ0v) is 17.4. The third-order valence-corrected chi connectivity index (χ3v) is 6.17. The molecule has 11 nitrogen and oxygen atoms in total. The van der Waals surface area contributed by atoms with Crippen LogP contribution in [-0.2, 0) is 14.4 Å². The Hall–Kier alpha value is -3.63. The molecule has 1 saturated carbocycles. The second kappa shape index (κ2) is 9.25. The molecule has 4 atom stereocenters. The van der Waals surface area contributed by atoms with E-state index in [1.807, 2.05) is 6.07 Å². The topological polar surface area (TPSA) is 149 Å². The van der Waals surface area contributed by atoms with E-state index in [1.165, 1.54) is 0 Å². The van der Waals surface area contributed by atoms with E-state index in [1.54, 1.807) is 29.2 Å². The molecule has 11 heteroatoms. The molecule has 5 N–H and O–H groups in total. The number of anilines is 1. The van der Waals surface area contributed by atoms with Gasteiger partial charge < -0.3 is 26.2 Å². The van der Waals surface area contributed by atoms with Crippen molar-refractivity contribution in [3.8, 4) is 0 Å². The number of nitrogens with one attached hydrogen (secondary N) is 5. The molecule has 2 saturated heterocycles. The zero-order chi connectivity index (χ0) is 22.7. The van der Waals surface area contributed by atoms with Crippen molar-refractivity contribution in [2.75, 3.05) is 18.4 Å². The smallest absolute Gasteiger partial charge is 0.322 e. The van der Waals surface area contributed by atoms with E-state index in [4.69, 9.17) is 0 Å². The minimum atomic E-state index is -0.888. The van der Waals surface area contributed by atoms with Crippen LogP contribution in [0.5, 0.6) is 0 Å². The molecular formula is C21H26N6O5. The molecule has 1 aromatic carbocycles. The molecular weight excluding hydrogens is 416 g/mol. The molecule has 32 heavy (non-hydrogen) atoms. The fourth-order valence-corrected chi connectivity index (χ4v) is 4.63. The Labute approximate surface area is 184 Å². The number of para-hydroxylation sites is 1. The second-order valence-electron chi connectivity index (χ2n) is 8.34. The molecule has 3 aliphatic rings. The van der Waals surface area contributed by atoms with Crippen LogP contribution in [0.25, 0.3) is 0 Å². The molecule has 4 rings (SSSR count). The zero-order valence-electron chi connectivity index (χ0n) is 17.4.